The molecule has 152 valence electrons. The van der Waals surface area contributed by atoms with Gasteiger partial charge in [0.2, 0.25) is 5.91 Å². The minimum Gasteiger partial charge on any atom is -0.356 e. The first-order valence-electron chi connectivity index (χ1n) is 10.4. The molecule has 2 aromatic carbocycles. The van der Waals surface area contributed by atoms with Crippen molar-refractivity contribution < 1.29 is 4.79 Å². The maximum Gasteiger partial charge on any atom is 0.228 e. The number of hydrogen-bond donors (Lipinski definition) is 0. The summed E-state index contributed by atoms with van der Waals surface area (Å²) >= 11 is 0. The first-order chi connectivity index (χ1) is 15.2. The van der Waals surface area contributed by atoms with E-state index in [1.807, 2.05) is 30.3 Å². The zero-order valence-electron chi connectivity index (χ0n) is 17.0. The molecule has 3 heterocycles. The number of nitriles is 1. The lowest BCUT2D eigenvalue weighted by Gasteiger charge is -2.37. The molecule has 5 rings (SSSR count). The Bertz CT molecular complexity index is 1190. The molecule has 3 aliphatic rings. The molecule has 6 nitrogen and oxygen atoms in total. The molecule has 1 spiro atoms. The van der Waals surface area contributed by atoms with Crippen molar-refractivity contribution in [2.45, 2.75) is 37.3 Å². The zero-order chi connectivity index (χ0) is 21.4. The quantitative estimate of drug-likeness (QED) is 0.731. The number of fused-ring (bicyclic) bond motifs is 1. The fraction of sp³-hybridized carbons (Fsp3) is 0.280. The lowest BCUT2D eigenvalue weighted by atomic mass is 9.72. The third-order valence-corrected chi connectivity index (χ3v) is 6.46. The molecule has 3 aliphatic heterocycles. The number of amides is 1. The molecule has 1 amide bonds. The third-order valence-electron chi connectivity index (χ3n) is 6.46. The van der Waals surface area contributed by atoms with Crippen LogP contribution >= 0.6 is 0 Å². The molecule has 1 saturated heterocycles. The summed E-state index contributed by atoms with van der Waals surface area (Å²) in [4.78, 5) is 16.9. The molecule has 0 N–H and O–H groups in total. The number of carbonyl (C=O) groups is 1. The molecule has 0 aromatic heterocycles. The molecule has 0 saturated carbocycles. The van der Waals surface area contributed by atoms with Gasteiger partial charge >= 0.3 is 0 Å². The minimum absolute atomic E-state index is 0.0399. The molecular formula is C25H21N5O. The highest BCUT2D eigenvalue weighted by molar-refractivity contribution is 6.18. The van der Waals surface area contributed by atoms with Gasteiger partial charge in [0, 0.05) is 31.6 Å². The van der Waals surface area contributed by atoms with Crippen LogP contribution in [-0.4, -0.2) is 34.9 Å². The Labute approximate surface area is 181 Å². The van der Waals surface area contributed by atoms with E-state index < -0.39 is 5.41 Å². The number of likely N-dealkylation sites (tertiary alicyclic amines) is 1. The molecule has 2 unspecified atom stereocenters. The maximum absolute atomic E-state index is 12.9. The third kappa shape index (κ3) is 2.76. The fourth-order valence-corrected chi connectivity index (χ4v) is 5.19. The minimum atomic E-state index is -0.565. The Kier molecular flexibility index (Phi) is 4.56. The molecule has 31 heavy (non-hydrogen) atoms. The monoisotopic (exact) mass is 407 g/mol. The zero-order valence-corrected chi connectivity index (χ0v) is 17.0. The van der Waals surface area contributed by atoms with Gasteiger partial charge < -0.3 is 4.90 Å². The molecule has 2 atom stereocenters. The van der Waals surface area contributed by atoms with Crippen molar-refractivity contribution in [3.05, 3.63) is 65.7 Å². The number of amidine groups is 1. The van der Waals surface area contributed by atoms with Gasteiger partial charge in [0.25, 0.3) is 0 Å². The standard InChI is InChI=1S/C25H21N5O/c1-2-3-13-22(31)29-15-14-25-19-11-7-8-12-21(19)30(17-18-9-5-4-6-10-18)23(25)20(16-26)27-28-24(25)29/h1,4-12,23H,3,13-15,17H2. The number of terminal acetylenes is 1. The van der Waals surface area contributed by atoms with Crippen molar-refractivity contribution in [3.63, 3.8) is 0 Å². The Morgan fingerprint density at radius 3 is 2.71 bits per heavy atom. The van der Waals surface area contributed by atoms with Crippen molar-refractivity contribution >= 4 is 23.1 Å². The van der Waals surface area contributed by atoms with Crippen molar-refractivity contribution in [1.82, 2.24) is 4.90 Å². The Morgan fingerprint density at radius 1 is 1.16 bits per heavy atom. The van der Waals surface area contributed by atoms with Crippen LogP contribution in [0.4, 0.5) is 5.69 Å². The van der Waals surface area contributed by atoms with E-state index in [1.54, 1.807) is 4.90 Å². The van der Waals surface area contributed by atoms with Crippen molar-refractivity contribution in [2.24, 2.45) is 10.2 Å². The van der Waals surface area contributed by atoms with E-state index in [-0.39, 0.29) is 18.4 Å². The van der Waals surface area contributed by atoms with Gasteiger partial charge in [-0.2, -0.15) is 5.26 Å². The summed E-state index contributed by atoms with van der Waals surface area (Å²) in [6.07, 6.45) is 6.73. The predicted molar refractivity (Wildman–Crippen MR) is 119 cm³/mol. The van der Waals surface area contributed by atoms with Crippen LogP contribution in [0.5, 0.6) is 0 Å². The second-order valence-corrected chi connectivity index (χ2v) is 8.02. The highest BCUT2D eigenvalue weighted by Gasteiger charge is 2.62. The SMILES string of the molecule is C#CCCC(=O)N1CCC23C1=NN=C(C#N)C2N(Cc1ccccc1)c1ccccc13. The van der Waals surface area contributed by atoms with E-state index in [0.29, 0.717) is 37.5 Å². The predicted octanol–water partition coefficient (Wildman–Crippen LogP) is 3.25. The van der Waals surface area contributed by atoms with Crippen LogP contribution in [-0.2, 0) is 16.8 Å². The van der Waals surface area contributed by atoms with Gasteiger partial charge in [0.15, 0.2) is 5.71 Å². The van der Waals surface area contributed by atoms with Crippen LogP contribution in [0.1, 0.15) is 30.4 Å². The Balaban J connectivity index is 1.63. The van der Waals surface area contributed by atoms with Crippen molar-refractivity contribution in [3.8, 4) is 18.4 Å². The van der Waals surface area contributed by atoms with E-state index in [1.165, 1.54) is 0 Å². The van der Waals surface area contributed by atoms with E-state index in [4.69, 9.17) is 6.42 Å². The van der Waals surface area contributed by atoms with Gasteiger partial charge in [0.05, 0.1) is 5.41 Å². The number of nitrogens with zero attached hydrogens (tertiary/aromatic N) is 5. The maximum atomic E-state index is 12.9. The largest absolute Gasteiger partial charge is 0.356 e. The second-order valence-electron chi connectivity index (χ2n) is 8.02. The lowest BCUT2D eigenvalue weighted by molar-refractivity contribution is -0.126. The van der Waals surface area contributed by atoms with Gasteiger partial charge in [-0.1, -0.05) is 48.5 Å². The molecule has 0 aliphatic carbocycles. The number of carbonyl (C=O) groups excluding carboxylic acids is 1. The normalized spacial score (nSPS) is 23.1. The smallest absolute Gasteiger partial charge is 0.228 e. The number of para-hydroxylation sites is 1. The average Bonchev–Trinajstić information content (AvgIpc) is 3.34. The first-order valence-corrected chi connectivity index (χ1v) is 10.4. The average molecular weight is 407 g/mol. The van der Waals surface area contributed by atoms with Crippen LogP contribution in [0, 0.1) is 23.7 Å². The van der Waals surface area contributed by atoms with Crippen LogP contribution in [0.2, 0.25) is 0 Å². The molecule has 2 aromatic rings. The van der Waals surface area contributed by atoms with Crippen molar-refractivity contribution in [2.75, 3.05) is 11.4 Å². The van der Waals surface area contributed by atoms with Gasteiger partial charge in [-0.25, -0.2) is 0 Å². The van der Waals surface area contributed by atoms with Gasteiger partial charge in [0.1, 0.15) is 17.9 Å². The fourth-order valence-electron chi connectivity index (χ4n) is 5.19. The molecule has 1 fully saturated rings. The first kappa shape index (κ1) is 19.1. The Hall–Kier alpha value is -3.90. The summed E-state index contributed by atoms with van der Waals surface area (Å²) in [5.74, 6) is 3.14. The molecule has 6 heteroatoms. The summed E-state index contributed by atoms with van der Waals surface area (Å²) in [6.45, 7) is 1.18. The van der Waals surface area contributed by atoms with E-state index in [9.17, 15) is 10.1 Å². The highest BCUT2D eigenvalue weighted by atomic mass is 16.2. The second kappa shape index (κ2) is 7.41. The number of anilines is 1. The van der Waals surface area contributed by atoms with Gasteiger partial charge in [-0.05, 0) is 23.6 Å². The molecular weight excluding hydrogens is 386 g/mol. The van der Waals surface area contributed by atoms with Crippen LogP contribution in [0.15, 0.2) is 64.8 Å². The van der Waals surface area contributed by atoms with E-state index >= 15 is 0 Å². The van der Waals surface area contributed by atoms with E-state index in [0.717, 1.165) is 16.8 Å². The summed E-state index contributed by atoms with van der Waals surface area (Å²) in [6, 6.07) is 20.4. The summed E-state index contributed by atoms with van der Waals surface area (Å²) < 4.78 is 0. The summed E-state index contributed by atoms with van der Waals surface area (Å²) in [5.41, 5.74) is 3.13. The number of benzene rings is 2. The van der Waals surface area contributed by atoms with E-state index in [2.05, 4.69) is 51.4 Å². The molecule has 0 radical (unpaired) electrons. The highest BCUT2D eigenvalue weighted by Crippen LogP contribution is 2.53. The summed E-state index contributed by atoms with van der Waals surface area (Å²) in [7, 11) is 0. The number of rotatable bonds is 4. The van der Waals surface area contributed by atoms with Crippen LogP contribution in [0.25, 0.3) is 0 Å². The Morgan fingerprint density at radius 2 is 1.94 bits per heavy atom. The van der Waals surface area contributed by atoms with Gasteiger partial charge in [-0.15, -0.1) is 22.5 Å². The van der Waals surface area contributed by atoms with Crippen LogP contribution < -0.4 is 4.90 Å². The van der Waals surface area contributed by atoms with Gasteiger partial charge in [-0.3, -0.25) is 9.69 Å². The summed E-state index contributed by atoms with van der Waals surface area (Å²) in [5, 5.41) is 18.6. The van der Waals surface area contributed by atoms with Crippen LogP contribution in [0.3, 0.4) is 0 Å². The molecule has 0 bridgehead atoms. The number of hydrogen-bond acceptors (Lipinski definition) is 5. The van der Waals surface area contributed by atoms with Crippen molar-refractivity contribution in [1.29, 1.82) is 5.26 Å². The lowest BCUT2D eigenvalue weighted by Crippen LogP contribution is -2.55. The topological polar surface area (TPSA) is 72.1 Å².